The number of hydrogen-bond donors (Lipinski definition) is 2. The van der Waals surface area contributed by atoms with Crippen LogP contribution in [0.15, 0.2) is 23.1 Å². The lowest BCUT2D eigenvalue weighted by molar-refractivity contribution is 0.0628. The lowest BCUT2D eigenvalue weighted by Gasteiger charge is -2.33. The molecule has 1 saturated heterocycles. The maximum atomic E-state index is 12.7. The van der Waals surface area contributed by atoms with Crippen LogP contribution in [0.4, 0.5) is 5.69 Å². The first kappa shape index (κ1) is 14.8. The van der Waals surface area contributed by atoms with Gasteiger partial charge in [-0.1, -0.05) is 13.0 Å². The first-order chi connectivity index (χ1) is 9.98. The molecular weight excluding hydrogens is 288 g/mol. The Balaban J connectivity index is 1.88. The zero-order valence-corrected chi connectivity index (χ0v) is 13.1. The SMILES string of the molecule is CC1CN(S(=O)(=O)c2ccc3c(c2)NCCC3)CCC1O. The summed E-state index contributed by atoms with van der Waals surface area (Å²) in [5, 5.41) is 13.0. The number of nitrogens with zero attached hydrogens (tertiary/aromatic N) is 1. The first-order valence-electron chi connectivity index (χ1n) is 7.53. The summed E-state index contributed by atoms with van der Waals surface area (Å²) in [6.45, 7) is 3.55. The number of aryl methyl sites for hydroxylation is 1. The Labute approximate surface area is 126 Å². The third kappa shape index (κ3) is 2.80. The molecule has 2 N–H and O–H groups in total. The van der Waals surface area contributed by atoms with Crippen LogP contribution in [0.25, 0.3) is 0 Å². The van der Waals surface area contributed by atoms with E-state index in [-0.39, 0.29) is 5.92 Å². The highest BCUT2D eigenvalue weighted by Crippen LogP contribution is 2.29. The lowest BCUT2D eigenvalue weighted by atomic mass is 9.99. The number of aliphatic hydroxyl groups is 1. The largest absolute Gasteiger partial charge is 0.393 e. The van der Waals surface area contributed by atoms with E-state index in [0.29, 0.717) is 24.4 Å². The van der Waals surface area contributed by atoms with Crippen LogP contribution in [0, 0.1) is 5.92 Å². The minimum Gasteiger partial charge on any atom is -0.393 e. The normalized spacial score (nSPS) is 27.0. The van der Waals surface area contributed by atoms with Crippen molar-refractivity contribution in [2.45, 2.75) is 37.2 Å². The van der Waals surface area contributed by atoms with E-state index in [1.165, 1.54) is 9.87 Å². The molecule has 2 aliphatic heterocycles. The van der Waals surface area contributed by atoms with Crippen LogP contribution in [0.3, 0.4) is 0 Å². The number of aliphatic hydroxyl groups excluding tert-OH is 1. The monoisotopic (exact) mass is 310 g/mol. The number of fused-ring (bicyclic) bond motifs is 1. The molecule has 0 aromatic heterocycles. The quantitative estimate of drug-likeness (QED) is 0.867. The molecule has 2 atom stereocenters. The molecule has 0 radical (unpaired) electrons. The van der Waals surface area contributed by atoms with Crippen molar-refractivity contribution in [2.24, 2.45) is 5.92 Å². The Hall–Kier alpha value is -1.11. The van der Waals surface area contributed by atoms with E-state index in [4.69, 9.17) is 0 Å². The van der Waals surface area contributed by atoms with E-state index in [1.807, 2.05) is 13.0 Å². The molecular formula is C15H22N2O3S. The molecule has 0 saturated carbocycles. The number of hydrogen-bond acceptors (Lipinski definition) is 4. The number of anilines is 1. The summed E-state index contributed by atoms with van der Waals surface area (Å²) in [5.74, 6) is -0.0238. The van der Waals surface area contributed by atoms with Crippen LogP contribution in [-0.2, 0) is 16.4 Å². The Bertz CT molecular complexity index is 630. The highest BCUT2D eigenvalue weighted by atomic mass is 32.2. The molecule has 21 heavy (non-hydrogen) atoms. The third-order valence-corrected chi connectivity index (χ3v) is 6.34. The molecule has 0 spiro atoms. The molecule has 1 aromatic rings. The minimum atomic E-state index is -3.47. The highest BCUT2D eigenvalue weighted by molar-refractivity contribution is 7.89. The zero-order chi connectivity index (χ0) is 15.0. The molecule has 2 aliphatic rings. The van der Waals surface area contributed by atoms with Crippen molar-refractivity contribution in [3.63, 3.8) is 0 Å². The van der Waals surface area contributed by atoms with Gasteiger partial charge in [0.1, 0.15) is 0 Å². The predicted molar refractivity (Wildman–Crippen MR) is 81.8 cm³/mol. The summed E-state index contributed by atoms with van der Waals surface area (Å²) in [7, 11) is -3.47. The molecule has 2 unspecified atom stereocenters. The van der Waals surface area contributed by atoms with Crippen molar-refractivity contribution in [3.05, 3.63) is 23.8 Å². The van der Waals surface area contributed by atoms with Gasteiger partial charge in [0.25, 0.3) is 0 Å². The lowest BCUT2D eigenvalue weighted by Crippen LogP contribution is -2.44. The summed E-state index contributed by atoms with van der Waals surface area (Å²) in [6.07, 6.45) is 2.18. The number of nitrogens with one attached hydrogen (secondary N) is 1. The molecule has 2 heterocycles. The fraction of sp³-hybridized carbons (Fsp3) is 0.600. The Morgan fingerprint density at radius 2 is 2.19 bits per heavy atom. The number of sulfonamides is 1. The predicted octanol–water partition coefficient (Wildman–Crippen LogP) is 1.44. The molecule has 5 nitrogen and oxygen atoms in total. The van der Waals surface area contributed by atoms with Crippen molar-refractivity contribution in [2.75, 3.05) is 25.0 Å². The number of piperidine rings is 1. The summed E-state index contributed by atoms with van der Waals surface area (Å²) < 4.78 is 27.0. The van der Waals surface area contributed by atoms with Crippen LogP contribution in [-0.4, -0.2) is 43.6 Å². The second-order valence-corrected chi connectivity index (χ2v) is 7.98. The molecule has 116 valence electrons. The zero-order valence-electron chi connectivity index (χ0n) is 12.2. The van der Waals surface area contributed by atoms with Crippen LogP contribution in [0.2, 0.25) is 0 Å². The van der Waals surface area contributed by atoms with Crippen LogP contribution in [0.5, 0.6) is 0 Å². The average molecular weight is 310 g/mol. The molecule has 0 amide bonds. The van der Waals surface area contributed by atoms with Gasteiger partial charge in [-0.15, -0.1) is 0 Å². The molecule has 1 aromatic carbocycles. The Morgan fingerprint density at radius 1 is 1.38 bits per heavy atom. The van der Waals surface area contributed by atoms with Gasteiger partial charge in [0.05, 0.1) is 11.0 Å². The maximum Gasteiger partial charge on any atom is 0.243 e. The van der Waals surface area contributed by atoms with Gasteiger partial charge in [0.15, 0.2) is 0 Å². The topological polar surface area (TPSA) is 69.6 Å². The summed E-state index contributed by atoms with van der Waals surface area (Å²) in [4.78, 5) is 0.347. The van der Waals surface area contributed by atoms with Crippen LogP contribution < -0.4 is 5.32 Å². The van der Waals surface area contributed by atoms with Gasteiger partial charge in [0, 0.05) is 25.3 Å². The van der Waals surface area contributed by atoms with E-state index < -0.39 is 16.1 Å². The van der Waals surface area contributed by atoms with Gasteiger partial charge in [-0.25, -0.2) is 8.42 Å². The average Bonchev–Trinajstić information content (AvgIpc) is 2.49. The van der Waals surface area contributed by atoms with Gasteiger partial charge < -0.3 is 10.4 Å². The van der Waals surface area contributed by atoms with E-state index in [2.05, 4.69) is 5.32 Å². The summed E-state index contributed by atoms with van der Waals surface area (Å²) in [6, 6.07) is 5.37. The standard InChI is InChI=1S/C15H22N2O3S/c1-11-10-17(8-6-15(11)18)21(19,20)13-5-4-12-3-2-7-16-14(12)9-13/h4-5,9,11,15-16,18H,2-3,6-8,10H2,1H3. The second-order valence-electron chi connectivity index (χ2n) is 6.05. The number of rotatable bonds is 2. The van der Waals surface area contributed by atoms with Crippen molar-refractivity contribution >= 4 is 15.7 Å². The molecule has 3 rings (SSSR count). The maximum absolute atomic E-state index is 12.7. The molecule has 0 bridgehead atoms. The first-order valence-corrected chi connectivity index (χ1v) is 8.97. The van der Waals surface area contributed by atoms with Crippen molar-refractivity contribution in [1.29, 1.82) is 0 Å². The van der Waals surface area contributed by atoms with E-state index in [0.717, 1.165) is 25.1 Å². The minimum absolute atomic E-state index is 0.0238. The van der Waals surface area contributed by atoms with Gasteiger partial charge >= 0.3 is 0 Å². The van der Waals surface area contributed by atoms with Gasteiger partial charge in [-0.3, -0.25) is 0 Å². The Kier molecular flexibility index (Phi) is 3.94. The molecule has 6 heteroatoms. The van der Waals surface area contributed by atoms with E-state index in [9.17, 15) is 13.5 Å². The fourth-order valence-corrected chi connectivity index (χ4v) is 4.64. The smallest absolute Gasteiger partial charge is 0.243 e. The van der Waals surface area contributed by atoms with Crippen molar-refractivity contribution < 1.29 is 13.5 Å². The van der Waals surface area contributed by atoms with Crippen molar-refractivity contribution in [3.8, 4) is 0 Å². The third-order valence-electron chi connectivity index (χ3n) is 4.48. The highest BCUT2D eigenvalue weighted by Gasteiger charge is 2.33. The Morgan fingerprint density at radius 3 is 2.95 bits per heavy atom. The summed E-state index contributed by atoms with van der Waals surface area (Å²) >= 11 is 0. The van der Waals surface area contributed by atoms with Crippen molar-refractivity contribution in [1.82, 2.24) is 4.31 Å². The van der Waals surface area contributed by atoms with Gasteiger partial charge in [-0.2, -0.15) is 4.31 Å². The second kappa shape index (κ2) is 5.59. The van der Waals surface area contributed by atoms with Crippen LogP contribution in [0.1, 0.15) is 25.3 Å². The fourth-order valence-electron chi connectivity index (χ4n) is 3.06. The van der Waals surface area contributed by atoms with Gasteiger partial charge in [-0.05, 0) is 42.9 Å². The summed E-state index contributed by atoms with van der Waals surface area (Å²) in [5.41, 5.74) is 2.12. The van der Waals surface area contributed by atoms with E-state index in [1.54, 1.807) is 12.1 Å². The number of benzene rings is 1. The van der Waals surface area contributed by atoms with E-state index >= 15 is 0 Å². The molecule has 0 aliphatic carbocycles. The molecule has 1 fully saturated rings. The van der Waals surface area contributed by atoms with Gasteiger partial charge in [0.2, 0.25) is 10.0 Å². The van der Waals surface area contributed by atoms with Crippen LogP contribution >= 0.6 is 0 Å².